The number of carbonyl (C=O) groups excluding carboxylic acids is 1. The van der Waals surface area contributed by atoms with Crippen molar-refractivity contribution in [2.45, 2.75) is 19.9 Å². The van der Waals surface area contributed by atoms with Gasteiger partial charge in [-0.1, -0.05) is 55.5 Å². The van der Waals surface area contributed by atoms with Gasteiger partial charge in [0, 0.05) is 24.6 Å². The number of nitrogens with one attached hydrogen (secondary N) is 1. The van der Waals surface area contributed by atoms with Crippen LogP contribution in [-0.4, -0.2) is 22.4 Å². The third-order valence-corrected chi connectivity index (χ3v) is 3.93. The fourth-order valence-electron chi connectivity index (χ4n) is 2.57. The van der Waals surface area contributed by atoms with Gasteiger partial charge in [-0.2, -0.15) is 0 Å². The summed E-state index contributed by atoms with van der Waals surface area (Å²) < 4.78 is 0. The molecule has 0 fully saturated rings. The van der Waals surface area contributed by atoms with E-state index in [-0.39, 0.29) is 5.91 Å². The lowest BCUT2D eigenvalue weighted by Gasteiger charge is -2.23. The van der Waals surface area contributed by atoms with E-state index < -0.39 is 0 Å². The van der Waals surface area contributed by atoms with Gasteiger partial charge in [-0.05, 0) is 24.1 Å². The number of anilines is 2. The van der Waals surface area contributed by atoms with E-state index in [0.717, 1.165) is 17.7 Å². The van der Waals surface area contributed by atoms with Crippen molar-refractivity contribution in [3.8, 4) is 0 Å². The molecular formula is C21H22N4O. The number of carbonyl (C=O) groups is 1. The van der Waals surface area contributed by atoms with Crippen LogP contribution in [0.1, 0.15) is 29.3 Å². The lowest BCUT2D eigenvalue weighted by molar-refractivity contribution is 0.0953. The van der Waals surface area contributed by atoms with Gasteiger partial charge in [0.1, 0.15) is 0 Å². The monoisotopic (exact) mass is 346 g/mol. The molecule has 1 heterocycles. The van der Waals surface area contributed by atoms with Crippen molar-refractivity contribution in [3.63, 3.8) is 0 Å². The van der Waals surface area contributed by atoms with Gasteiger partial charge in [0.15, 0.2) is 0 Å². The van der Waals surface area contributed by atoms with Crippen molar-refractivity contribution in [1.29, 1.82) is 0 Å². The molecular weight excluding hydrogens is 324 g/mol. The van der Waals surface area contributed by atoms with E-state index in [1.165, 1.54) is 0 Å². The number of para-hydroxylation sites is 1. The number of hydrogen-bond acceptors (Lipinski definition) is 4. The van der Waals surface area contributed by atoms with Gasteiger partial charge in [-0.25, -0.2) is 9.97 Å². The lowest BCUT2D eigenvalue weighted by Crippen LogP contribution is -2.25. The van der Waals surface area contributed by atoms with Crippen LogP contribution in [0.4, 0.5) is 11.6 Å². The molecule has 0 spiro atoms. The maximum Gasteiger partial charge on any atom is 0.254 e. The molecule has 3 rings (SSSR count). The Morgan fingerprint density at radius 2 is 1.58 bits per heavy atom. The molecule has 0 atom stereocenters. The number of aromatic nitrogens is 2. The summed E-state index contributed by atoms with van der Waals surface area (Å²) in [5.74, 6) is 0.416. The molecule has 0 aliphatic rings. The minimum absolute atomic E-state index is 0.146. The fraction of sp³-hybridized carbons (Fsp3) is 0.190. The second-order valence-electron chi connectivity index (χ2n) is 5.93. The average molecular weight is 346 g/mol. The van der Waals surface area contributed by atoms with E-state index in [1.54, 1.807) is 12.4 Å². The number of hydrogen-bond donors (Lipinski definition) is 1. The van der Waals surface area contributed by atoms with Crippen LogP contribution in [0.25, 0.3) is 0 Å². The van der Waals surface area contributed by atoms with Crippen LogP contribution in [0.2, 0.25) is 0 Å². The van der Waals surface area contributed by atoms with Gasteiger partial charge in [-0.15, -0.1) is 0 Å². The Labute approximate surface area is 153 Å². The first-order chi connectivity index (χ1) is 12.8. The molecule has 2 aromatic carbocycles. The van der Waals surface area contributed by atoms with Gasteiger partial charge in [0.25, 0.3) is 5.91 Å². The Kier molecular flexibility index (Phi) is 5.93. The fourth-order valence-corrected chi connectivity index (χ4v) is 2.57. The van der Waals surface area contributed by atoms with Crippen LogP contribution in [0, 0.1) is 0 Å². The molecule has 26 heavy (non-hydrogen) atoms. The number of benzene rings is 2. The summed E-state index contributed by atoms with van der Waals surface area (Å²) in [5, 5.41) is 2.84. The predicted molar refractivity (Wildman–Crippen MR) is 103 cm³/mol. The first-order valence-corrected chi connectivity index (χ1v) is 8.74. The van der Waals surface area contributed by atoms with Gasteiger partial charge in [0.2, 0.25) is 5.95 Å². The largest absolute Gasteiger partial charge is 0.352 e. The summed E-state index contributed by atoms with van der Waals surface area (Å²) in [6, 6.07) is 20.2. The number of nitrogens with zero attached hydrogens (tertiary/aromatic N) is 3. The maximum atomic E-state index is 12.0. The van der Waals surface area contributed by atoms with E-state index in [2.05, 4.69) is 27.4 Å². The zero-order valence-electron chi connectivity index (χ0n) is 14.8. The molecule has 0 aliphatic heterocycles. The average Bonchev–Trinajstić information content (AvgIpc) is 2.72. The standard InChI is InChI=1S/C21H22N4O/c1-2-13-22-20(26)18-14-23-21(24-15-18)25(19-11-7-4-8-12-19)16-17-9-5-3-6-10-17/h3-12,14-15H,2,13,16H2,1H3,(H,22,26). The first kappa shape index (κ1) is 17.6. The Bertz CT molecular complexity index is 820. The quantitative estimate of drug-likeness (QED) is 0.704. The van der Waals surface area contributed by atoms with Crippen molar-refractivity contribution in [2.75, 3.05) is 11.4 Å². The lowest BCUT2D eigenvalue weighted by atomic mass is 10.2. The van der Waals surface area contributed by atoms with E-state index in [0.29, 0.717) is 24.6 Å². The Balaban J connectivity index is 1.86. The molecule has 0 radical (unpaired) electrons. The third kappa shape index (κ3) is 4.45. The Hall–Kier alpha value is -3.21. The second kappa shape index (κ2) is 8.76. The number of rotatable bonds is 7. The van der Waals surface area contributed by atoms with Crippen LogP contribution >= 0.6 is 0 Å². The van der Waals surface area contributed by atoms with Crippen molar-refractivity contribution in [1.82, 2.24) is 15.3 Å². The van der Waals surface area contributed by atoms with Gasteiger partial charge in [-0.3, -0.25) is 4.79 Å². The van der Waals surface area contributed by atoms with E-state index in [1.807, 2.05) is 60.4 Å². The summed E-state index contributed by atoms with van der Waals surface area (Å²) in [6.45, 7) is 3.30. The minimum atomic E-state index is -0.146. The third-order valence-electron chi connectivity index (χ3n) is 3.93. The highest BCUT2D eigenvalue weighted by Crippen LogP contribution is 2.24. The van der Waals surface area contributed by atoms with Gasteiger partial charge in [0.05, 0.1) is 12.1 Å². The molecule has 5 nitrogen and oxygen atoms in total. The van der Waals surface area contributed by atoms with Crippen LogP contribution < -0.4 is 10.2 Å². The highest BCUT2D eigenvalue weighted by Gasteiger charge is 2.14. The first-order valence-electron chi connectivity index (χ1n) is 8.74. The summed E-state index contributed by atoms with van der Waals surface area (Å²) in [7, 11) is 0. The minimum Gasteiger partial charge on any atom is -0.352 e. The van der Waals surface area contributed by atoms with Crippen molar-refractivity contribution in [3.05, 3.63) is 84.2 Å². The topological polar surface area (TPSA) is 58.1 Å². The highest BCUT2D eigenvalue weighted by atomic mass is 16.1. The van der Waals surface area contributed by atoms with Crippen LogP contribution in [-0.2, 0) is 6.54 Å². The molecule has 3 aromatic rings. The number of amides is 1. The van der Waals surface area contributed by atoms with Crippen LogP contribution in [0.15, 0.2) is 73.1 Å². The predicted octanol–water partition coefficient (Wildman–Crippen LogP) is 3.95. The van der Waals surface area contributed by atoms with Gasteiger partial charge < -0.3 is 10.2 Å². The Morgan fingerprint density at radius 1 is 0.962 bits per heavy atom. The normalized spacial score (nSPS) is 10.3. The highest BCUT2D eigenvalue weighted by molar-refractivity contribution is 5.93. The molecule has 1 amide bonds. The van der Waals surface area contributed by atoms with Gasteiger partial charge >= 0.3 is 0 Å². The molecule has 132 valence electrons. The van der Waals surface area contributed by atoms with E-state index in [9.17, 15) is 4.79 Å². The molecule has 0 aliphatic carbocycles. The zero-order valence-corrected chi connectivity index (χ0v) is 14.8. The van der Waals surface area contributed by atoms with Crippen molar-refractivity contribution >= 4 is 17.5 Å². The summed E-state index contributed by atoms with van der Waals surface area (Å²) >= 11 is 0. The zero-order chi connectivity index (χ0) is 18.2. The smallest absolute Gasteiger partial charge is 0.254 e. The van der Waals surface area contributed by atoms with Crippen LogP contribution in [0.5, 0.6) is 0 Å². The summed E-state index contributed by atoms with van der Waals surface area (Å²) in [5.41, 5.74) is 2.62. The Morgan fingerprint density at radius 3 is 2.19 bits per heavy atom. The molecule has 5 heteroatoms. The van der Waals surface area contributed by atoms with Crippen LogP contribution in [0.3, 0.4) is 0 Å². The maximum absolute atomic E-state index is 12.0. The molecule has 0 saturated carbocycles. The molecule has 0 unspecified atom stereocenters. The molecule has 0 saturated heterocycles. The van der Waals surface area contributed by atoms with Crippen molar-refractivity contribution < 1.29 is 4.79 Å². The second-order valence-corrected chi connectivity index (χ2v) is 5.93. The summed E-state index contributed by atoms with van der Waals surface area (Å²) in [6.07, 6.45) is 4.05. The summed E-state index contributed by atoms with van der Waals surface area (Å²) in [4.78, 5) is 22.9. The molecule has 0 bridgehead atoms. The molecule has 1 N–H and O–H groups in total. The SMILES string of the molecule is CCCNC(=O)c1cnc(N(Cc2ccccc2)c2ccccc2)nc1. The molecule has 1 aromatic heterocycles. The van der Waals surface area contributed by atoms with Crippen molar-refractivity contribution in [2.24, 2.45) is 0 Å². The van der Waals surface area contributed by atoms with E-state index in [4.69, 9.17) is 0 Å². The van der Waals surface area contributed by atoms with E-state index >= 15 is 0 Å².